The van der Waals surface area contributed by atoms with E-state index in [4.69, 9.17) is 0 Å². The Labute approximate surface area is 101 Å². The van der Waals surface area contributed by atoms with E-state index in [1.165, 1.54) is 30.2 Å². The Morgan fingerprint density at radius 1 is 1.60 bits per heavy atom. The van der Waals surface area contributed by atoms with Crippen LogP contribution >= 0.6 is 23.5 Å². The molecule has 0 amide bonds. The van der Waals surface area contributed by atoms with Crippen molar-refractivity contribution in [2.75, 3.05) is 18.6 Å². The van der Waals surface area contributed by atoms with Crippen LogP contribution in [0.5, 0.6) is 0 Å². The normalized spacial score (nSPS) is 27.6. The molecule has 15 heavy (non-hydrogen) atoms. The van der Waals surface area contributed by atoms with Gasteiger partial charge in [0.2, 0.25) is 0 Å². The summed E-state index contributed by atoms with van der Waals surface area (Å²) < 4.78 is 0. The summed E-state index contributed by atoms with van der Waals surface area (Å²) in [6, 6.07) is 0.571. The Morgan fingerprint density at radius 3 is 3.07 bits per heavy atom. The number of nitrogens with one attached hydrogen (secondary N) is 1. The molecule has 2 rings (SSSR count). The van der Waals surface area contributed by atoms with Gasteiger partial charge in [0.25, 0.3) is 0 Å². The number of rotatable bonds is 5. The van der Waals surface area contributed by atoms with Crippen LogP contribution in [0, 0.1) is 5.92 Å². The molecule has 2 unspecified atom stereocenters. The van der Waals surface area contributed by atoms with Crippen LogP contribution in [0.25, 0.3) is 0 Å². The van der Waals surface area contributed by atoms with Gasteiger partial charge in [0.15, 0.2) is 5.17 Å². The Kier molecular flexibility index (Phi) is 4.26. The fourth-order valence-electron chi connectivity index (χ4n) is 1.76. The van der Waals surface area contributed by atoms with Crippen molar-refractivity contribution in [2.24, 2.45) is 10.9 Å². The minimum absolute atomic E-state index is 0.571. The first-order chi connectivity index (χ1) is 7.29. The van der Waals surface area contributed by atoms with Gasteiger partial charge in [-0.3, -0.25) is 4.99 Å². The van der Waals surface area contributed by atoms with Crippen LogP contribution in [-0.2, 0) is 0 Å². The predicted octanol–water partition coefficient (Wildman–Crippen LogP) is 2.60. The van der Waals surface area contributed by atoms with Crippen LogP contribution in [0.1, 0.15) is 26.2 Å². The molecule has 0 radical (unpaired) electrons. The van der Waals surface area contributed by atoms with E-state index in [2.05, 4.69) is 23.5 Å². The van der Waals surface area contributed by atoms with Gasteiger partial charge in [-0.25, -0.2) is 0 Å². The zero-order valence-electron chi connectivity index (χ0n) is 9.53. The van der Waals surface area contributed by atoms with Crippen LogP contribution in [0.2, 0.25) is 0 Å². The fraction of sp³-hybridized carbons (Fsp3) is 0.909. The first-order valence-corrected chi connectivity index (χ1v) is 8.03. The maximum Gasteiger partial charge on any atom is 0.157 e. The van der Waals surface area contributed by atoms with E-state index in [0.717, 1.165) is 17.7 Å². The van der Waals surface area contributed by atoms with Crippen molar-refractivity contribution in [3.63, 3.8) is 0 Å². The Bertz CT molecular complexity index is 239. The van der Waals surface area contributed by atoms with E-state index >= 15 is 0 Å². The third-order valence-electron chi connectivity index (χ3n) is 2.95. The third-order valence-corrected chi connectivity index (χ3v) is 4.90. The summed E-state index contributed by atoms with van der Waals surface area (Å²) in [5, 5.41) is 5.51. The van der Waals surface area contributed by atoms with Gasteiger partial charge in [-0.15, -0.1) is 0 Å². The molecule has 86 valence electrons. The number of hydrogen-bond donors (Lipinski definition) is 1. The van der Waals surface area contributed by atoms with Crippen molar-refractivity contribution in [1.82, 2.24) is 5.32 Å². The second-order valence-corrected chi connectivity index (χ2v) is 6.68. The fourth-order valence-corrected chi connectivity index (χ4v) is 3.67. The van der Waals surface area contributed by atoms with Crippen molar-refractivity contribution < 1.29 is 0 Å². The summed E-state index contributed by atoms with van der Waals surface area (Å²) in [5.74, 6) is 2.21. The molecule has 2 nitrogen and oxygen atoms in total. The average molecular weight is 244 g/mol. The predicted molar refractivity (Wildman–Crippen MR) is 72.0 cm³/mol. The van der Waals surface area contributed by atoms with E-state index < -0.39 is 0 Å². The monoisotopic (exact) mass is 244 g/mol. The van der Waals surface area contributed by atoms with Crippen LogP contribution in [0.15, 0.2) is 4.99 Å². The molecule has 0 aromatic heterocycles. The highest BCUT2D eigenvalue weighted by Gasteiger charge is 2.35. The van der Waals surface area contributed by atoms with E-state index in [1.54, 1.807) is 0 Å². The largest absolute Gasteiger partial charge is 0.362 e. The highest BCUT2D eigenvalue weighted by atomic mass is 32.2. The number of aliphatic imine (C=N–C) groups is 1. The van der Waals surface area contributed by atoms with E-state index in [9.17, 15) is 0 Å². The lowest BCUT2D eigenvalue weighted by Crippen LogP contribution is -2.30. The topological polar surface area (TPSA) is 24.4 Å². The highest BCUT2D eigenvalue weighted by molar-refractivity contribution is 8.14. The summed E-state index contributed by atoms with van der Waals surface area (Å²) in [5.41, 5.74) is 0. The van der Waals surface area contributed by atoms with Crippen molar-refractivity contribution >= 4 is 28.7 Å². The molecule has 1 fully saturated rings. The zero-order valence-corrected chi connectivity index (χ0v) is 11.2. The van der Waals surface area contributed by atoms with Crippen molar-refractivity contribution in [3.8, 4) is 0 Å². The van der Waals surface area contributed by atoms with Gasteiger partial charge in [0, 0.05) is 11.3 Å². The van der Waals surface area contributed by atoms with Crippen LogP contribution in [0.3, 0.4) is 0 Å². The molecule has 2 aliphatic rings. The minimum Gasteiger partial charge on any atom is -0.362 e. The lowest BCUT2D eigenvalue weighted by atomic mass is 10.3. The number of thioether (sulfide) groups is 2. The second kappa shape index (κ2) is 5.48. The second-order valence-electron chi connectivity index (χ2n) is 4.47. The minimum atomic E-state index is 0.571. The van der Waals surface area contributed by atoms with Gasteiger partial charge >= 0.3 is 0 Å². The smallest absolute Gasteiger partial charge is 0.157 e. The molecular weight excluding hydrogens is 224 g/mol. The molecule has 0 bridgehead atoms. The summed E-state index contributed by atoms with van der Waals surface area (Å²) in [6.07, 6.45) is 6.26. The maximum atomic E-state index is 4.59. The number of amidine groups is 1. The van der Waals surface area contributed by atoms with Gasteiger partial charge in [-0.05, 0) is 44.1 Å². The highest BCUT2D eigenvalue weighted by Crippen LogP contribution is 2.41. The number of hydrogen-bond acceptors (Lipinski definition) is 4. The van der Waals surface area contributed by atoms with Crippen molar-refractivity contribution in [3.05, 3.63) is 0 Å². The lowest BCUT2D eigenvalue weighted by molar-refractivity contribution is 0.651. The van der Waals surface area contributed by atoms with E-state index in [1.807, 2.05) is 23.5 Å². The molecule has 1 aliphatic carbocycles. The van der Waals surface area contributed by atoms with Crippen LogP contribution in [0.4, 0.5) is 0 Å². The molecular formula is C11H20N2S2. The average Bonchev–Trinajstić information content (AvgIpc) is 2.98. The van der Waals surface area contributed by atoms with Crippen molar-refractivity contribution in [1.29, 1.82) is 0 Å². The summed E-state index contributed by atoms with van der Waals surface area (Å²) in [6.45, 7) is 3.30. The summed E-state index contributed by atoms with van der Waals surface area (Å²) in [7, 11) is 0. The third kappa shape index (κ3) is 3.59. The standard InChI is InChI=1S/C11H20N2S2/c1-8(5-6-14-2)13-11-12-7-10(15-11)9-3-4-9/h8-10H,3-7H2,1-2H3,(H,12,13). The molecule has 0 saturated heterocycles. The molecule has 1 saturated carbocycles. The molecule has 1 aliphatic heterocycles. The van der Waals surface area contributed by atoms with E-state index in [0.29, 0.717) is 6.04 Å². The Hall–Kier alpha value is 0.170. The van der Waals surface area contributed by atoms with E-state index in [-0.39, 0.29) is 0 Å². The van der Waals surface area contributed by atoms with Gasteiger partial charge < -0.3 is 5.32 Å². The van der Waals surface area contributed by atoms with Crippen LogP contribution in [-0.4, -0.2) is 35.0 Å². The Morgan fingerprint density at radius 2 is 2.40 bits per heavy atom. The molecule has 4 heteroatoms. The summed E-state index contributed by atoms with van der Waals surface area (Å²) >= 11 is 3.89. The molecule has 0 aromatic rings. The molecule has 0 spiro atoms. The summed E-state index contributed by atoms with van der Waals surface area (Å²) in [4.78, 5) is 4.59. The zero-order chi connectivity index (χ0) is 10.7. The van der Waals surface area contributed by atoms with Gasteiger partial charge in [-0.2, -0.15) is 11.8 Å². The lowest BCUT2D eigenvalue weighted by Gasteiger charge is -2.14. The van der Waals surface area contributed by atoms with Gasteiger partial charge in [-0.1, -0.05) is 11.8 Å². The molecule has 0 aromatic carbocycles. The molecule has 1 heterocycles. The first kappa shape index (κ1) is 11.6. The maximum absolute atomic E-state index is 4.59. The molecule has 1 N–H and O–H groups in total. The first-order valence-electron chi connectivity index (χ1n) is 5.76. The Balaban J connectivity index is 1.66. The SMILES string of the molecule is CSCCC(C)NC1=NCC(C2CC2)S1. The van der Waals surface area contributed by atoms with Gasteiger partial charge in [0.05, 0.1) is 6.54 Å². The van der Waals surface area contributed by atoms with Crippen LogP contribution < -0.4 is 5.32 Å². The van der Waals surface area contributed by atoms with Crippen molar-refractivity contribution in [2.45, 2.75) is 37.5 Å². The van der Waals surface area contributed by atoms with Gasteiger partial charge in [0.1, 0.15) is 0 Å². The number of nitrogens with zero attached hydrogens (tertiary/aromatic N) is 1. The quantitative estimate of drug-likeness (QED) is 0.804. The molecule has 2 atom stereocenters.